The Kier molecular flexibility index (Phi) is 4.66. The average molecular weight is 236 g/mol. The van der Waals surface area contributed by atoms with Crippen LogP contribution < -0.4 is 11.1 Å². The second kappa shape index (κ2) is 5.80. The molecule has 1 amide bonds. The summed E-state index contributed by atoms with van der Waals surface area (Å²) in [5.41, 5.74) is 7.07. The summed E-state index contributed by atoms with van der Waals surface area (Å²) in [5.74, 6) is -0.151. The third-order valence-electron chi connectivity index (χ3n) is 2.69. The first-order valence-electron chi connectivity index (χ1n) is 5.77. The Morgan fingerprint density at radius 2 is 1.88 bits per heavy atom. The van der Waals surface area contributed by atoms with Gasteiger partial charge in [0.25, 0.3) is 0 Å². The molecule has 0 saturated carbocycles. The Balaban J connectivity index is 2.85. The van der Waals surface area contributed by atoms with Crippen LogP contribution in [0.25, 0.3) is 0 Å². The molecule has 4 nitrogen and oxygen atoms in total. The summed E-state index contributed by atoms with van der Waals surface area (Å²) in [4.78, 5) is 11.8. The fraction of sp³-hybridized carbons (Fsp3) is 0.462. The lowest BCUT2D eigenvalue weighted by molar-refractivity contribution is -0.118. The van der Waals surface area contributed by atoms with Crippen molar-refractivity contribution >= 4 is 11.6 Å². The van der Waals surface area contributed by atoms with Crippen molar-refractivity contribution in [3.8, 4) is 0 Å². The molecule has 4 N–H and O–H groups in total. The van der Waals surface area contributed by atoms with Gasteiger partial charge in [-0.25, -0.2) is 0 Å². The Morgan fingerprint density at radius 1 is 1.29 bits per heavy atom. The van der Waals surface area contributed by atoms with E-state index in [-0.39, 0.29) is 11.8 Å². The Morgan fingerprint density at radius 3 is 2.41 bits per heavy atom. The molecule has 17 heavy (non-hydrogen) atoms. The first kappa shape index (κ1) is 13.7. The minimum atomic E-state index is -0.623. The van der Waals surface area contributed by atoms with E-state index in [1.807, 2.05) is 26.0 Å². The Bertz CT molecular complexity index is 389. The van der Waals surface area contributed by atoms with E-state index >= 15 is 0 Å². The molecule has 1 aromatic carbocycles. The van der Waals surface area contributed by atoms with E-state index < -0.39 is 12.1 Å². The van der Waals surface area contributed by atoms with Gasteiger partial charge in [0.1, 0.15) is 0 Å². The van der Waals surface area contributed by atoms with E-state index in [1.165, 1.54) is 0 Å². The number of benzene rings is 1. The Labute approximate surface area is 102 Å². The van der Waals surface area contributed by atoms with Crippen molar-refractivity contribution in [2.45, 2.75) is 32.9 Å². The maximum absolute atomic E-state index is 11.8. The van der Waals surface area contributed by atoms with E-state index in [0.29, 0.717) is 11.3 Å². The van der Waals surface area contributed by atoms with Crippen LogP contribution in [0.4, 0.5) is 5.69 Å². The smallest absolute Gasteiger partial charge is 0.241 e. The molecule has 4 heteroatoms. The fourth-order valence-corrected chi connectivity index (χ4v) is 1.49. The standard InChI is InChI=1S/C13H20N2O2/c1-8(2)12(14)13(17)15-11-7-5-4-6-10(11)9(3)16/h4-9,12,16H,14H2,1-3H3,(H,15,17)/t9?,12-/m0/s1. The van der Waals surface area contributed by atoms with Gasteiger partial charge in [-0.05, 0) is 18.9 Å². The van der Waals surface area contributed by atoms with E-state index in [1.54, 1.807) is 19.1 Å². The molecule has 0 radical (unpaired) electrons. The van der Waals surface area contributed by atoms with Crippen molar-refractivity contribution in [2.75, 3.05) is 5.32 Å². The molecule has 1 rings (SSSR count). The van der Waals surface area contributed by atoms with Crippen LogP contribution in [-0.2, 0) is 4.79 Å². The number of carbonyl (C=O) groups excluding carboxylic acids is 1. The molecule has 0 spiro atoms. The van der Waals surface area contributed by atoms with Crippen LogP contribution in [0.5, 0.6) is 0 Å². The fourth-order valence-electron chi connectivity index (χ4n) is 1.49. The van der Waals surface area contributed by atoms with Crippen LogP contribution in [0.3, 0.4) is 0 Å². The number of anilines is 1. The number of hydrogen-bond donors (Lipinski definition) is 3. The highest BCUT2D eigenvalue weighted by Gasteiger charge is 2.18. The molecular formula is C13H20N2O2. The van der Waals surface area contributed by atoms with Crippen molar-refractivity contribution in [3.63, 3.8) is 0 Å². The van der Waals surface area contributed by atoms with Crippen LogP contribution in [0, 0.1) is 5.92 Å². The highest BCUT2D eigenvalue weighted by molar-refractivity contribution is 5.95. The number of hydrogen-bond acceptors (Lipinski definition) is 3. The maximum Gasteiger partial charge on any atom is 0.241 e. The van der Waals surface area contributed by atoms with Gasteiger partial charge in [0, 0.05) is 11.3 Å². The van der Waals surface area contributed by atoms with Crippen molar-refractivity contribution < 1.29 is 9.90 Å². The minimum absolute atomic E-state index is 0.0775. The molecule has 0 aliphatic carbocycles. The summed E-state index contributed by atoms with van der Waals surface area (Å²) < 4.78 is 0. The summed E-state index contributed by atoms with van der Waals surface area (Å²) in [7, 11) is 0. The van der Waals surface area contributed by atoms with Gasteiger partial charge in [0.2, 0.25) is 5.91 Å². The van der Waals surface area contributed by atoms with Crippen LogP contribution >= 0.6 is 0 Å². The normalized spacial score (nSPS) is 14.5. The summed E-state index contributed by atoms with van der Waals surface area (Å²) in [6.45, 7) is 5.45. The van der Waals surface area contributed by atoms with E-state index in [4.69, 9.17) is 5.73 Å². The molecule has 0 saturated heterocycles. The monoisotopic (exact) mass is 236 g/mol. The molecule has 0 bridgehead atoms. The SMILES string of the molecule is CC(O)c1ccccc1NC(=O)[C@@H](N)C(C)C. The topological polar surface area (TPSA) is 75.3 Å². The van der Waals surface area contributed by atoms with Crippen molar-refractivity contribution in [1.29, 1.82) is 0 Å². The predicted molar refractivity (Wildman–Crippen MR) is 68.5 cm³/mol. The minimum Gasteiger partial charge on any atom is -0.389 e. The van der Waals surface area contributed by atoms with Gasteiger partial charge >= 0.3 is 0 Å². The number of para-hydroxylation sites is 1. The maximum atomic E-state index is 11.8. The van der Waals surface area contributed by atoms with Crippen molar-refractivity contribution in [1.82, 2.24) is 0 Å². The summed E-state index contributed by atoms with van der Waals surface area (Å²) in [5, 5.41) is 12.3. The van der Waals surface area contributed by atoms with Gasteiger partial charge in [0.05, 0.1) is 12.1 Å². The van der Waals surface area contributed by atoms with Crippen LogP contribution in [-0.4, -0.2) is 17.1 Å². The molecule has 1 aromatic rings. The predicted octanol–water partition coefficient (Wildman–Crippen LogP) is 1.66. The summed E-state index contributed by atoms with van der Waals surface area (Å²) >= 11 is 0. The molecule has 0 aliphatic heterocycles. The quantitative estimate of drug-likeness (QED) is 0.744. The number of aliphatic hydroxyl groups excluding tert-OH is 1. The third kappa shape index (κ3) is 3.54. The zero-order valence-corrected chi connectivity index (χ0v) is 10.5. The molecule has 0 fully saturated rings. The van der Waals surface area contributed by atoms with Crippen LogP contribution in [0.15, 0.2) is 24.3 Å². The second-order valence-corrected chi connectivity index (χ2v) is 4.52. The largest absolute Gasteiger partial charge is 0.389 e. The van der Waals surface area contributed by atoms with Crippen LogP contribution in [0.1, 0.15) is 32.4 Å². The average Bonchev–Trinajstić information content (AvgIpc) is 2.28. The highest BCUT2D eigenvalue weighted by Crippen LogP contribution is 2.22. The van der Waals surface area contributed by atoms with Crippen molar-refractivity contribution in [2.24, 2.45) is 11.7 Å². The molecule has 0 aromatic heterocycles. The second-order valence-electron chi connectivity index (χ2n) is 4.52. The molecule has 2 atom stereocenters. The lowest BCUT2D eigenvalue weighted by atomic mass is 10.0. The van der Waals surface area contributed by atoms with Crippen LogP contribution in [0.2, 0.25) is 0 Å². The lowest BCUT2D eigenvalue weighted by Crippen LogP contribution is -2.39. The molecule has 0 heterocycles. The van der Waals surface area contributed by atoms with Gasteiger partial charge in [0.15, 0.2) is 0 Å². The van der Waals surface area contributed by atoms with E-state index in [0.717, 1.165) is 0 Å². The van der Waals surface area contributed by atoms with Gasteiger partial charge < -0.3 is 16.2 Å². The number of aliphatic hydroxyl groups is 1. The number of carbonyl (C=O) groups is 1. The third-order valence-corrected chi connectivity index (χ3v) is 2.69. The van der Waals surface area contributed by atoms with E-state index in [9.17, 15) is 9.90 Å². The number of amides is 1. The van der Waals surface area contributed by atoms with Gasteiger partial charge in [-0.1, -0.05) is 32.0 Å². The van der Waals surface area contributed by atoms with E-state index in [2.05, 4.69) is 5.32 Å². The lowest BCUT2D eigenvalue weighted by Gasteiger charge is -2.18. The zero-order valence-electron chi connectivity index (χ0n) is 10.5. The van der Waals surface area contributed by atoms with Gasteiger partial charge in [-0.2, -0.15) is 0 Å². The summed E-state index contributed by atoms with van der Waals surface area (Å²) in [6.07, 6.45) is -0.623. The first-order valence-corrected chi connectivity index (χ1v) is 5.77. The first-order chi connectivity index (χ1) is 7.93. The Hall–Kier alpha value is -1.39. The number of rotatable bonds is 4. The molecular weight excluding hydrogens is 216 g/mol. The van der Waals surface area contributed by atoms with Crippen molar-refractivity contribution in [3.05, 3.63) is 29.8 Å². The van der Waals surface area contributed by atoms with Gasteiger partial charge in [-0.15, -0.1) is 0 Å². The zero-order chi connectivity index (χ0) is 13.0. The summed E-state index contributed by atoms with van der Waals surface area (Å²) in [6, 6.07) is 6.62. The number of nitrogens with two attached hydrogens (primary N) is 1. The molecule has 94 valence electrons. The highest BCUT2D eigenvalue weighted by atomic mass is 16.3. The van der Waals surface area contributed by atoms with Gasteiger partial charge in [-0.3, -0.25) is 4.79 Å². The molecule has 0 aliphatic rings. The molecule has 1 unspecified atom stereocenters. The number of nitrogens with one attached hydrogen (secondary N) is 1.